The molecule has 0 aliphatic carbocycles. The summed E-state index contributed by atoms with van der Waals surface area (Å²) in [7, 11) is 0. The molecule has 0 bridgehead atoms. The Labute approximate surface area is 82.5 Å². The number of hydrogen-bond acceptors (Lipinski definition) is 2. The Hall–Kier alpha value is -1.55. The topological polar surface area (TPSA) is 73.3 Å². The van der Waals surface area contributed by atoms with Gasteiger partial charge in [0.1, 0.15) is 0 Å². The van der Waals surface area contributed by atoms with Gasteiger partial charge in [-0.2, -0.15) is 0 Å². The smallest absolute Gasteiger partial charge is 0.192 e. The van der Waals surface area contributed by atoms with E-state index in [9.17, 15) is 0 Å². The van der Waals surface area contributed by atoms with Crippen LogP contribution in [-0.2, 0) is 13.0 Å². The van der Waals surface area contributed by atoms with E-state index in [1.807, 2.05) is 18.2 Å². The number of benzene rings is 1. The molecule has 0 saturated heterocycles. The highest BCUT2D eigenvalue weighted by Crippen LogP contribution is 2.30. The van der Waals surface area contributed by atoms with Crippen LogP contribution in [0.15, 0.2) is 18.2 Å². The number of hydrogen-bond donors (Lipinski definition) is 3. The molecule has 0 atom stereocenters. The lowest BCUT2D eigenvalue weighted by atomic mass is 10.1. The van der Waals surface area contributed by atoms with E-state index in [1.54, 1.807) is 4.90 Å². The van der Waals surface area contributed by atoms with Crippen molar-refractivity contribution in [3.63, 3.8) is 0 Å². The Bertz CT molecular complexity index is 376. The number of anilines is 1. The average molecular weight is 191 g/mol. The van der Waals surface area contributed by atoms with Gasteiger partial charge in [0, 0.05) is 12.2 Å². The maximum absolute atomic E-state index is 9.12. The summed E-state index contributed by atoms with van der Waals surface area (Å²) in [6.45, 7) is 0.788. The molecule has 0 amide bonds. The highest BCUT2D eigenvalue weighted by Gasteiger charge is 2.22. The number of nitrogens with one attached hydrogen (secondary N) is 1. The number of nitrogens with two attached hydrogens (primary N) is 1. The lowest BCUT2D eigenvalue weighted by Gasteiger charge is -2.16. The molecule has 2 rings (SSSR count). The van der Waals surface area contributed by atoms with Gasteiger partial charge in [-0.25, -0.2) is 0 Å². The van der Waals surface area contributed by atoms with E-state index in [1.165, 1.54) is 0 Å². The maximum Gasteiger partial charge on any atom is 0.192 e. The van der Waals surface area contributed by atoms with Crippen LogP contribution in [-0.4, -0.2) is 17.6 Å². The molecule has 1 aromatic rings. The van der Waals surface area contributed by atoms with E-state index in [2.05, 4.69) is 0 Å². The third-order valence-electron chi connectivity index (χ3n) is 2.59. The highest BCUT2D eigenvalue weighted by molar-refractivity contribution is 5.94. The summed E-state index contributed by atoms with van der Waals surface area (Å²) in [6.07, 6.45) is 0.853. The van der Waals surface area contributed by atoms with Gasteiger partial charge in [0.15, 0.2) is 5.96 Å². The summed E-state index contributed by atoms with van der Waals surface area (Å²) in [5, 5.41) is 16.5. The van der Waals surface area contributed by atoms with Crippen molar-refractivity contribution in [1.29, 1.82) is 5.41 Å². The molecule has 0 unspecified atom stereocenters. The minimum Gasteiger partial charge on any atom is -0.392 e. The van der Waals surface area contributed by atoms with E-state index in [0.717, 1.165) is 29.8 Å². The molecule has 1 heterocycles. The summed E-state index contributed by atoms with van der Waals surface area (Å²) >= 11 is 0. The summed E-state index contributed by atoms with van der Waals surface area (Å²) in [5.74, 6) is 0.0684. The van der Waals surface area contributed by atoms with Crippen molar-refractivity contribution in [2.45, 2.75) is 13.0 Å². The van der Waals surface area contributed by atoms with Crippen LogP contribution in [0.4, 0.5) is 5.69 Å². The molecule has 0 fully saturated rings. The molecule has 0 aromatic heterocycles. The van der Waals surface area contributed by atoms with Gasteiger partial charge in [0.05, 0.1) is 6.61 Å². The quantitative estimate of drug-likeness (QED) is 0.445. The Balaban J connectivity index is 2.46. The fraction of sp³-hybridized carbons (Fsp3) is 0.300. The van der Waals surface area contributed by atoms with Crippen LogP contribution in [0.5, 0.6) is 0 Å². The number of guanidine groups is 1. The van der Waals surface area contributed by atoms with Crippen molar-refractivity contribution in [3.05, 3.63) is 29.3 Å². The molecule has 4 heteroatoms. The van der Waals surface area contributed by atoms with Crippen LogP contribution in [0, 0.1) is 5.41 Å². The molecular formula is C10H13N3O. The highest BCUT2D eigenvalue weighted by atomic mass is 16.3. The van der Waals surface area contributed by atoms with E-state index < -0.39 is 0 Å². The Morgan fingerprint density at radius 3 is 3.00 bits per heavy atom. The van der Waals surface area contributed by atoms with Gasteiger partial charge >= 0.3 is 0 Å². The lowest BCUT2D eigenvalue weighted by Crippen LogP contribution is -2.34. The van der Waals surface area contributed by atoms with Gasteiger partial charge in [-0.3, -0.25) is 5.41 Å². The predicted molar refractivity (Wildman–Crippen MR) is 55.3 cm³/mol. The van der Waals surface area contributed by atoms with E-state index >= 15 is 0 Å². The van der Waals surface area contributed by atoms with Crippen molar-refractivity contribution in [3.8, 4) is 0 Å². The molecule has 1 aromatic carbocycles. The third kappa shape index (κ3) is 1.24. The fourth-order valence-corrected chi connectivity index (χ4v) is 1.91. The number of nitrogens with zero attached hydrogens (tertiary/aromatic N) is 1. The minimum atomic E-state index is 0.0505. The van der Waals surface area contributed by atoms with Gasteiger partial charge in [-0.1, -0.05) is 12.1 Å². The first-order valence-electron chi connectivity index (χ1n) is 4.57. The molecule has 4 nitrogen and oxygen atoms in total. The molecule has 0 saturated carbocycles. The molecule has 14 heavy (non-hydrogen) atoms. The summed E-state index contributed by atoms with van der Waals surface area (Å²) < 4.78 is 0. The maximum atomic E-state index is 9.12. The minimum absolute atomic E-state index is 0.0505. The summed E-state index contributed by atoms with van der Waals surface area (Å²) in [5.41, 5.74) is 8.47. The van der Waals surface area contributed by atoms with Crippen LogP contribution in [0.2, 0.25) is 0 Å². The third-order valence-corrected chi connectivity index (χ3v) is 2.59. The second kappa shape index (κ2) is 3.31. The number of aliphatic hydroxyl groups excluding tert-OH is 1. The SMILES string of the molecule is N=C(N)N1CCc2c(CO)cccc21. The second-order valence-electron chi connectivity index (χ2n) is 3.36. The van der Waals surface area contributed by atoms with E-state index in [0.29, 0.717) is 0 Å². The average Bonchev–Trinajstić information content (AvgIpc) is 2.60. The standard InChI is InChI=1S/C10H13N3O/c11-10(12)13-5-4-8-7(6-14)2-1-3-9(8)13/h1-3,14H,4-6H2,(H3,11,12). The summed E-state index contributed by atoms with van der Waals surface area (Å²) in [6, 6.07) is 5.72. The normalized spacial score (nSPS) is 14.2. The zero-order chi connectivity index (χ0) is 10.1. The van der Waals surface area contributed by atoms with Crippen LogP contribution < -0.4 is 10.6 Å². The molecule has 74 valence electrons. The first-order chi connectivity index (χ1) is 6.74. The van der Waals surface area contributed by atoms with Crippen molar-refractivity contribution < 1.29 is 5.11 Å². The Morgan fingerprint density at radius 1 is 1.57 bits per heavy atom. The molecule has 0 radical (unpaired) electrons. The zero-order valence-corrected chi connectivity index (χ0v) is 7.83. The van der Waals surface area contributed by atoms with Crippen molar-refractivity contribution in [1.82, 2.24) is 0 Å². The zero-order valence-electron chi connectivity index (χ0n) is 7.83. The fourth-order valence-electron chi connectivity index (χ4n) is 1.91. The number of rotatable bonds is 1. The van der Waals surface area contributed by atoms with Crippen molar-refractivity contribution in [2.24, 2.45) is 5.73 Å². The Morgan fingerprint density at radius 2 is 2.36 bits per heavy atom. The molecule has 4 N–H and O–H groups in total. The van der Waals surface area contributed by atoms with Crippen molar-refractivity contribution >= 4 is 11.6 Å². The van der Waals surface area contributed by atoms with E-state index in [-0.39, 0.29) is 12.6 Å². The van der Waals surface area contributed by atoms with Crippen LogP contribution in [0.1, 0.15) is 11.1 Å². The number of fused-ring (bicyclic) bond motifs is 1. The van der Waals surface area contributed by atoms with Crippen molar-refractivity contribution in [2.75, 3.05) is 11.4 Å². The largest absolute Gasteiger partial charge is 0.392 e. The molecule has 0 spiro atoms. The monoisotopic (exact) mass is 191 g/mol. The molecule has 1 aliphatic heterocycles. The van der Waals surface area contributed by atoms with Gasteiger partial charge in [-0.05, 0) is 23.6 Å². The predicted octanol–water partition coefficient (Wildman–Crippen LogP) is 0.435. The molecular weight excluding hydrogens is 178 g/mol. The van der Waals surface area contributed by atoms with Gasteiger partial charge in [0.25, 0.3) is 0 Å². The van der Waals surface area contributed by atoms with Gasteiger partial charge < -0.3 is 15.7 Å². The number of aliphatic hydroxyl groups is 1. The first kappa shape index (κ1) is 9.02. The van der Waals surface area contributed by atoms with Crippen LogP contribution in [0.25, 0.3) is 0 Å². The van der Waals surface area contributed by atoms with Gasteiger partial charge in [-0.15, -0.1) is 0 Å². The lowest BCUT2D eigenvalue weighted by molar-refractivity contribution is 0.281. The van der Waals surface area contributed by atoms with Crippen LogP contribution >= 0.6 is 0 Å². The summed E-state index contributed by atoms with van der Waals surface area (Å²) in [4.78, 5) is 1.76. The van der Waals surface area contributed by atoms with E-state index in [4.69, 9.17) is 16.2 Å². The second-order valence-corrected chi connectivity index (χ2v) is 3.36. The van der Waals surface area contributed by atoms with Crippen LogP contribution in [0.3, 0.4) is 0 Å². The van der Waals surface area contributed by atoms with Gasteiger partial charge in [0.2, 0.25) is 0 Å². The Kier molecular flexibility index (Phi) is 2.13. The molecule has 1 aliphatic rings. The first-order valence-corrected chi connectivity index (χ1v) is 4.57.